The average Bonchev–Trinajstić information content (AvgIpc) is 2.46. The molecule has 0 aromatic heterocycles. The fourth-order valence-corrected chi connectivity index (χ4v) is 2.22. The van der Waals surface area contributed by atoms with Crippen molar-refractivity contribution in [3.8, 4) is 0 Å². The number of nitrogens with zero attached hydrogens (tertiary/aromatic N) is 1. The summed E-state index contributed by atoms with van der Waals surface area (Å²) >= 11 is 0. The lowest BCUT2D eigenvalue weighted by molar-refractivity contribution is -0.145. The number of likely N-dealkylation sites (tertiary alicyclic amines) is 1. The number of aliphatic carboxylic acids is 1. The smallest absolute Gasteiger partial charge is 0.306 e. The van der Waals surface area contributed by atoms with Gasteiger partial charge in [0.15, 0.2) is 0 Å². The summed E-state index contributed by atoms with van der Waals surface area (Å²) in [6, 6.07) is 9.55. The first-order valence-corrected chi connectivity index (χ1v) is 6.46. The Morgan fingerprint density at radius 3 is 2.42 bits per heavy atom. The molecule has 1 aliphatic rings. The third-order valence-electron chi connectivity index (χ3n) is 3.41. The number of hydrogen-bond donors (Lipinski definition) is 2. The molecule has 0 saturated carbocycles. The minimum absolute atomic E-state index is 0.0210. The van der Waals surface area contributed by atoms with E-state index >= 15 is 0 Å². The van der Waals surface area contributed by atoms with Crippen molar-refractivity contribution in [3.05, 3.63) is 30.3 Å². The Labute approximate surface area is 112 Å². The molecule has 0 radical (unpaired) electrons. The van der Waals surface area contributed by atoms with Crippen LogP contribution in [0.5, 0.6) is 0 Å². The van der Waals surface area contributed by atoms with Crippen molar-refractivity contribution in [3.63, 3.8) is 0 Å². The van der Waals surface area contributed by atoms with E-state index in [2.05, 4.69) is 5.32 Å². The number of carboxylic acids is 1. The molecule has 1 amide bonds. The van der Waals surface area contributed by atoms with Crippen LogP contribution in [-0.4, -0.2) is 41.5 Å². The summed E-state index contributed by atoms with van der Waals surface area (Å²) in [5.41, 5.74) is 0.913. The van der Waals surface area contributed by atoms with Crippen LogP contribution >= 0.6 is 0 Å². The summed E-state index contributed by atoms with van der Waals surface area (Å²) in [7, 11) is 0. The molecule has 1 fully saturated rings. The summed E-state index contributed by atoms with van der Waals surface area (Å²) in [4.78, 5) is 24.5. The van der Waals surface area contributed by atoms with Crippen LogP contribution in [0.2, 0.25) is 0 Å². The first-order chi connectivity index (χ1) is 9.16. The topological polar surface area (TPSA) is 69.6 Å². The minimum Gasteiger partial charge on any atom is -0.481 e. The van der Waals surface area contributed by atoms with Crippen LogP contribution in [0.4, 0.5) is 5.69 Å². The van der Waals surface area contributed by atoms with Gasteiger partial charge in [-0.2, -0.15) is 0 Å². The Morgan fingerprint density at radius 2 is 1.84 bits per heavy atom. The molecule has 19 heavy (non-hydrogen) atoms. The highest BCUT2D eigenvalue weighted by atomic mass is 16.4. The highest BCUT2D eigenvalue weighted by Gasteiger charge is 2.26. The fraction of sp³-hybridized carbons (Fsp3) is 0.429. The molecule has 0 atom stereocenters. The Bertz CT molecular complexity index is 439. The van der Waals surface area contributed by atoms with Crippen molar-refractivity contribution in [1.82, 2.24) is 4.90 Å². The molecular weight excluding hydrogens is 244 g/mol. The highest BCUT2D eigenvalue weighted by molar-refractivity contribution is 5.81. The lowest BCUT2D eigenvalue weighted by Crippen LogP contribution is -2.42. The normalized spacial score (nSPS) is 16.1. The van der Waals surface area contributed by atoms with Crippen LogP contribution in [0.3, 0.4) is 0 Å². The zero-order chi connectivity index (χ0) is 13.7. The predicted octanol–water partition coefficient (Wildman–Crippen LogP) is 1.42. The van der Waals surface area contributed by atoms with E-state index in [1.165, 1.54) is 0 Å². The molecule has 0 unspecified atom stereocenters. The van der Waals surface area contributed by atoms with Crippen LogP contribution in [-0.2, 0) is 9.59 Å². The zero-order valence-electron chi connectivity index (χ0n) is 10.7. The SMILES string of the molecule is O=C(O)C1CCN(C(=O)CNc2ccccc2)CC1. The maximum absolute atomic E-state index is 12.0. The van der Waals surface area contributed by atoms with Crippen molar-refractivity contribution in [2.24, 2.45) is 5.92 Å². The van der Waals surface area contributed by atoms with Gasteiger partial charge in [0.2, 0.25) is 5.91 Å². The van der Waals surface area contributed by atoms with E-state index in [4.69, 9.17) is 5.11 Å². The van der Waals surface area contributed by atoms with Crippen molar-refractivity contribution in [1.29, 1.82) is 0 Å². The second kappa shape index (κ2) is 6.22. The monoisotopic (exact) mass is 262 g/mol. The van der Waals surface area contributed by atoms with E-state index in [-0.39, 0.29) is 18.4 Å². The Hall–Kier alpha value is -2.04. The van der Waals surface area contributed by atoms with E-state index in [0.29, 0.717) is 25.9 Å². The molecule has 0 bridgehead atoms. The Balaban J connectivity index is 1.77. The van der Waals surface area contributed by atoms with Gasteiger partial charge in [-0.3, -0.25) is 9.59 Å². The zero-order valence-corrected chi connectivity index (χ0v) is 10.7. The first kappa shape index (κ1) is 13.4. The molecule has 102 valence electrons. The number of piperidine rings is 1. The van der Waals surface area contributed by atoms with Crippen LogP contribution in [0.15, 0.2) is 30.3 Å². The molecule has 0 aliphatic carbocycles. The van der Waals surface area contributed by atoms with E-state index in [0.717, 1.165) is 5.69 Å². The largest absolute Gasteiger partial charge is 0.481 e. The van der Waals surface area contributed by atoms with Crippen LogP contribution in [0.25, 0.3) is 0 Å². The second-order valence-electron chi connectivity index (χ2n) is 4.71. The summed E-state index contributed by atoms with van der Waals surface area (Å²) in [6.07, 6.45) is 1.10. The van der Waals surface area contributed by atoms with Gasteiger partial charge in [0.25, 0.3) is 0 Å². The van der Waals surface area contributed by atoms with Gasteiger partial charge >= 0.3 is 5.97 Å². The number of hydrogen-bond acceptors (Lipinski definition) is 3. The maximum atomic E-state index is 12.0. The van der Waals surface area contributed by atoms with Gasteiger partial charge in [0.05, 0.1) is 12.5 Å². The number of carbonyl (C=O) groups excluding carboxylic acids is 1. The highest BCUT2D eigenvalue weighted by Crippen LogP contribution is 2.17. The standard InChI is InChI=1S/C14H18N2O3/c17-13(10-15-12-4-2-1-3-5-12)16-8-6-11(7-9-16)14(18)19/h1-5,11,15H,6-10H2,(H,18,19). The molecule has 1 aromatic rings. The van der Waals surface area contributed by atoms with Crippen molar-refractivity contribution >= 4 is 17.6 Å². The molecule has 1 saturated heterocycles. The number of carbonyl (C=O) groups is 2. The Kier molecular flexibility index (Phi) is 4.39. The van der Waals surface area contributed by atoms with Gasteiger partial charge in [-0.05, 0) is 25.0 Å². The molecule has 2 rings (SSSR count). The van der Waals surface area contributed by atoms with E-state index in [1.54, 1.807) is 4.90 Å². The van der Waals surface area contributed by atoms with Crippen molar-refractivity contribution in [2.45, 2.75) is 12.8 Å². The third-order valence-corrected chi connectivity index (χ3v) is 3.41. The summed E-state index contributed by atoms with van der Waals surface area (Å²) < 4.78 is 0. The van der Waals surface area contributed by atoms with E-state index in [9.17, 15) is 9.59 Å². The molecule has 5 nitrogen and oxygen atoms in total. The third kappa shape index (κ3) is 3.71. The maximum Gasteiger partial charge on any atom is 0.306 e. The second-order valence-corrected chi connectivity index (χ2v) is 4.71. The minimum atomic E-state index is -0.755. The number of nitrogens with one attached hydrogen (secondary N) is 1. The Morgan fingerprint density at radius 1 is 1.21 bits per heavy atom. The van der Waals surface area contributed by atoms with Crippen LogP contribution < -0.4 is 5.32 Å². The van der Waals surface area contributed by atoms with E-state index < -0.39 is 5.97 Å². The number of carboxylic acid groups (broad SMARTS) is 1. The number of amides is 1. The molecule has 0 spiro atoms. The fourth-order valence-electron chi connectivity index (χ4n) is 2.22. The summed E-state index contributed by atoms with van der Waals surface area (Å²) in [5.74, 6) is -1.03. The van der Waals surface area contributed by atoms with Gasteiger partial charge < -0.3 is 15.3 Å². The summed E-state index contributed by atoms with van der Waals surface area (Å²) in [6.45, 7) is 1.32. The number of para-hydroxylation sites is 1. The molecule has 2 N–H and O–H groups in total. The number of anilines is 1. The number of rotatable bonds is 4. The van der Waals surface area contributed by atoms with Gasteiger partial charge in [0.1, 0.15) is 0 Å². The average molecular weight is 262 g/mol. The predicted molar refractivity (Wildman–Crippen MR) is 71.9 cm³/mol. The van der Waals surface area contributed by atoms with Crippen LogP contribution in [0.1, 0.15) is 12.8 Å². The molecule has 1 aromatic carbocycles. The lowest BCUT2D eigenvalue weighted by atomic mass is 9.97. The number of benzene rings is 1. The van der Waals surface area contributed by atoms with Gasteiger partial charge in [-0.1, -0.05) is 18.2 Å². The molecule has 1 aliphatic heterocycles. The van der Waals surface area contributed by atoms with Gasteiger partial charge in [-0.15, -0.1) is 0 Å². The molecular formula is C14H18N2O3. The first-order valence-electron chi connectivity index (χ1n) is 6.46. The van der Waals surface area contributed by atoms with Gasteiger partial charge in [0, 0.05) is 18.8 Å². The molecule has 1 heterocycles. The summed E-state index contributed by atoms with van der Waals surface area (Å²) in [5, 5.41) is 12.0. The van der Waals surface area contributed by atoms with Gasteiger partial charge in [-0.25, -0.2) is 0 Å². The van der Waals surface area contributed by atoms with Crippen molar-refractivity contribution in [2.75, 3.05) is 25.0 Å². The van der Waals surface area contributed by atoms with Crippen molar-refractivity contribution < 1.29 is 14.7 Å². The molecule has 5 heteroatoms. The van der Waals surface area contributed by atoms with Crippen LogP contribution in [0, 0.1) is 5.92 Å². The van der Waals surface area contributed by atoms with E-state index in [1.807, 2.05) is 30.3 Å². The quantitative estimate of drug-likeness (QED) is 0.861. The lowest BCUT2D eigenvalue weighted by Gasteiger charge is -2.30.